The monoisotopic (exact) mass is 236 g/mol. The molecule has 1 aromatic carbocycles. The number of hydrogen-bond donors (Lipinski definition) is 3. The molecule has 7 heteroatoms. The predicted molar refractivity (Wildman–Crippen MR) is 55.9 cm³/mol. The van der Waals surface area contributed by atoms with Gasteiger partial charge >= 0.3 is 41.0 Å². The molecule has 0 heterocycles. The molecular formula is C9H8MgO6. The third-order valence-corrected chi connectivity index (χ3v) is 1.74. The van der Waals surface area contributed by atoms with E-state index in [1.54, 1.807) is 0 Å². The maximum absolute atomic E-state index is 10.7. The van der Waals surface area contributed by atoms with Gasteiger partial charge in [0, 0.05) is 0 Å². The SMILES string of the molecule is O=C(O)c1cccc(C(=O)O)c1C(=O)O.[MgH2]. The molecule has 0 aliphatic heterocycles. The van der Waals surface area contributed by atoms with Gasteiger partial charge in [0.1, 0.15) is 0 Å². The van der Waals surface area contributed by atoms with Gasteiger partial charge in [-0.3, -0.25) is 0 Å². The van der Waals surface area contributed by atoms with Crippen molar-refractivity contribution in [2.45, 2.75) is 0 Å². The lowest BCUT2D eigenvalue weighted by Gasteiger charge is -2.04. The van der Waals surface area contributed by atoms with Crippen LogP contribution >= 0.6 is 0 Å². The summed E-state index contributed by atoms with van der Waals surface area (Å²) in [5.74, 6) is -4.53. The van der Waals surface area contributed by atoms with Gasteiger partial charge in [0.2, 0.25) is 0 Å². The third-order valence-electron chi connectivity index (χ3n) is 1.74. The fourth-order valence-electron chi connectivity index (χ4n) is 1.14. The van der Waals surface area contributed by atoms with Crippen molar-refractivity contribution >= 4 is 41.0 Å². The Hall–Kier alpha value is -1.60. The van der Waals surface area contributed by atoms with Crippen LogP contribution < -0.4 is 0 Å². The van der Waals surface area contributed by atoms with Crippen molar-refractivity contribution in [2.24, 2.45) is 0 Å². The van der Waals surface area contributed by atoms with Crippen molar-refractivity contribution in [2.75, 3.05) is 0 Å². The van der Waals surface area contributed by atoms with Crippen LogP contribution in [0.1, 0.15) is 31.1 Å². The summed E-state index contributed by atoms with van der Waals surface area (Å²) in [6.45, 7) is 0. The van der Waals surface area contributed by atoms with E-state index < -0.39 is 34.6 Å². The summed E-state index contributed by atoms with van der Waals surface area (Å²) in [4.78, 5) is 32.0. The number of carbonyl (C=O) groups is 3. The molecule has 0 aliphatic carbocycles. The number of carboxylic acids is 3. The lowest BCUT2D eigenvalue weighted by Crippen LogP contribution is -2.14. The smallest absolute Gasteiger partial charge is 0.337 e. The average Bonchev–Trinajstić information content (AvgIpc) is 2.16. The molecule has 6 nitrogen and oxygen atoms in total. The lowest BCUT2D eigenvalue weighted by atomic mass is 10.0. The molecule has 0 spiro atoms. The minimum Gasteiger partial charge on any atom is -0.478 e. The first-order chi connectivity index (χ1) is 6.95. The molecule has 82 valence electrons. The van der Waals surface area contributed by atoms with Crippen LogP contribution in [0.15, 0.2) is 18.2 Å². The second-order valence-corrected chi connectivity index (χ2v) is 2.64. The summed E-state index contributed by atoms with van der Waals surface area (Å²) in [6, 6.07) is 3.26. The van der Waals surface area contributed by atoms with Gasteiger partial charge in [0.25, 0.3) is 0 Å². The molecule has 0 amide bonds. The van der Waals surface area contributed by atoms with E-state index in [4.69, 9.17) is 15.3 Å². The van der Waals surface area contributed by atoms with Crippen molar-refractivity contribution in [3.05, 3.63) is 34.9 Å². The van der Waals surface area contributed by atoms with E-state index in [0.717, 1.165) is 12.1 Å². The van der Waals surface area contributed by atoms with Gasteiger partial charge in [-0.2, -0.15) is 0 Å². The normalized spacial score (nSPS) is 9.00. The molecule has 1 rings (SSSR count). The van der Waals surface area contributed by atoms with Crippen LogP contribution in [0.2, 0.25) is 0 Å². The second-order valence-electron chi connectivity index (χ2n) is 2.64. The summed E-state index contributed by atoms with van der Waals surface area (Å²) in [5.41, 5.74) is -1.79. The van der Waals surface area contributed by atoms with E-state index in [1.165, 1.54) is 6.07 Å². The van der Waals surface area contributed by atoms with Gasteiger partial charge in [-0.25, -0.2) is 14.4 Å². The average molecular weight is 236 g/mol. The Morgan fingerprint density at radius 1 is 0.812 bits per heavy atom. The van der Waals surface area contributed by atoms with Crippen molar-refractivity contribution in [3.8, 4) is 0 Å². The standard InChI is InChI=1S/C9H6O6.Mg.2H/c10-7(11)4-2-1-3-5(8(12)13)6(4)9(14)15;;;/h1-3H,(H,10,11)(H,12,13)(H,14,15);;;. The predicted octanol–water partition coefficient (Wildman–Crippen LogP) is -0.135. The number of rotatable bonds is 3. The van der Waals surface area contributed by atoms with Crippen molar-refractivity contribution < 1.29 is 29.7 Å². The first-order valence-electron chi connectivity index (χ1n) is 3.78. The molecule has 16 heavy (non-hydrogen) atoms. The van der Waals surface area contributed by atoms with Crippen molar-refractivity contribution in [1.82, 2.24) is 0 Å². The third kappa shape index (κ3) is 2.70. The molecule has 0 aliphatic rings. The van der Waals surface area contributed by atoms with Crippen LogP contribution in [0.25, 0.3) is 0 Å². The molecule has 0 saturated heterocycles. The van der Waals surface area contributed by atoms with E-state index in [2.05, 4.69) is 0 Å². The van der Waals surface area contributed by atoms with Crippen LogP contribution in [-0.4, -0.2) is 56.3 Å². The summed E-state index contributed by atoms with van der Waals surface area (Å²) in [5, 5.41) is 26.0. The first-order valence-corrected chi connectivity index (χ1v) is 3.78. The molecular weight excluding hydrogens is 228 g/mol. The highest BCUT2D eigenvalue weighted by Crippen LogP contribution is 2.15. The number of aromatic carboxylic acids is 3. The van der Waals surface area contributed by atoms with Gasteiger partial charge in [-0.05, 0) is 12.1 Å². The number of carboxylic acid groups (broad SMARTS) is 3. The zero-order valence-corrected chi connectivity index (χ0v) is 7.30. The molecule has 0 fully saturated rings. The maximum atomic E-state index is 10.7. The highest BCUT2D eigenvalue weighted by Gasteiger charge is 2.22. The van der Waals surface area contributed by atoms with E-state index in [9.17, 15) is 14.4 Å². The van der Waals surface area contributed by atoms with Crippen molar-refractivity contribution in [3.63, 3.8) is 0 Å². The van der Waals surface area contributed by atoms with E-state index in [0.29, 0.717) is 0 Å². The maximum Gasteiger partial charge on any atom is 0.337 e. The van der Waals surface area contributed by atoms with E-state index >= 15 is 0 Å². The summed E-state index contributed by atoms with van der Waals surface area (Å²) < 4.78 is 0. The zero-order valence-electron chi connectivity index (χ0n) is 7.30. The zero-order chi connectivity index (χ0) is 11.6. The Morgan fingerprint density at radius 2 is 1.19 bits per heavy atom. The Balaban J connectivity index is 0.00000225. The Kier molecular flexibility index (Phi) is 4.92. The van der Waals surface area contributed by atoms with Crippen molar-refractivity contribution in [1.29, 1.82) is 0 Å². The number of benzene rings is 1. The van der Waals surface area contributed by atoms with Crippen LogP contribution in [0, 0.1) is 0 Å². The highest BCUT2D eigenvalue weighted by atomic mass is 24.3. The minimum absolute atomic E-state index is 0. The molecule has 0 aromatic heterocycles. The molecule has 0 atom stereocenters. The molecule has 3 N–H and O–H groups in total. The molecule has 1 aromatic rings. The first kappa shape index (κ1) is 14.4. The van der Waals surface area contributed by atoms with Gasteiger partial charge in [0.05, 0.1) is 16.7 Å². The Morgan fingerprint density at radius 3 is 1.44 bits per heavy atom. The van der Waals surface area contributed by atoms with Crippen LogP contribution in [-0.2, 0) is 0 Å². The fraction of sp³-hybridized carbons (Fsp3) is 0. The Labute approximate surface area is 106 Å². The van der Waals surface area contributed by atoms with Gasteiger partial charge in [-0.1, -0.05) is 6.07 Å². The van der Waals surface area contributed by atoms with Gasteiger partial charge in [-0.15, -0.1) is 0 Å². The highest BCUT2D eigenvalue weighted by molar-refractivity contribution is 6.08. The van der Waals surface area contributed by atoms with Crippen LogP contribution in [0.5, 0.6) is 0 Å². The molecule has 0 radical (unpaired) electrons. The Bertz CT molecular complexity index is 421. The van der Waals surface area contributed by atoms with Crippen LogP contribution in [0.3, 0.4) is 0 Å². The quantitative estimate of drug-likeness (QED) is 0.630. The largest absolute Gasteiger partial charge is 0.478 e. The lowest BCUT2D eigenvalue weighted by molar-refractivity contribution is 0.0633. The van der Waals surface area contributed by atoms with E-state index in [-0.39, 0.29) is 23.1 Å². The summed E-state index contributed by atoms with van der Waals surface area (Å²) in [7, 11) is 0. The molecule has 0 saturated carbocycles. The van der Waals surface area contributed by atoms with Gasteiger partial charge in [0.15, 0.2) is 0 Å². The van der Waals surface area contributed by atoms with E-state index in [1.807, 2.05) is 0 Å². The molecule has 0 unspecified atom stereocenters. The number of hydrogen-bond acceptors (Lipinski definition) is 3. The molecule has 0 bridgehead atoms. The summed E-state index contributed by atoms with van der Waals surface area (Å²) >= 11 is 0. The van der Waals surface area contributed by atoms with Crippen LogP contribution in [0.4, 0.5) is 0 Å². The topological polar surface area (TPSA) is 112 Å². The minimum atomic E-state index is -1.58. The van der Waals surface area contributed by atoms with Gasteiger partial charge < -0.3 is 15.3 Å². The summed E-state index contributed by atoms with van der Waals surface area (Å²) in [6.07, 6.45) is 0. The second kappa shape index (κ2) is 5.47. The fourth-order valence-corrected chi connectivity index (χ4v) is 1.14.